The number of nitrogens with one attached hydrogen (secondary N) is 2. The second-order valence-corrected chi connectivity index (χ2v) is 8.14. The van der Waals surface area contributed by atoms with Gasteiger partial charge in [0.15, 0.2) is 0 Å². The molecule has 25 heavy (non-hydrogen) atoms. The minimum absolute atomic E-state index is 0.144. The number of fused-ring (bicyclic) bond motifs is 1. The highest BCUT2D eigenvalue weighted by molar-refractivity contribution is 7.87. The Bertz CT molecular complexity index is 929. The van der Waals surface area contributed by atoms with Gasteiger partial charge in [-0.25, -0.2) is 14.7 Å². The van der Waals surface area contributed by atoms with Gasteiger partial charge in [0.2, 0.25) is 0 Å². The van der Waals surface area contributed by atoms with Gasteiger partial charge in [0, 0.05) is 38.8 Å². The Kier molecular flexibility index (Phi) is 3.87. The molecule has 9 nitrogen and oxygen atoms in total. The fraction of sp³-hybridized carbons (Fsp3) is 0.533. The molecule has 1 saturated heterocycles. The van der Waals surface area contributed by atoms with Crippen LogP contribution >= 0.6 is 0 Å². The van der Waals surface area contributed by atoms with Crippen molar-refractivity contribution in [1.82, 2.24) is 24.0 Å². The number of rotatable bonds is 5. The normalized spacial score (nSPS) is 20.0. The minimum Gasteiger partial charge on any atom is -0.353 e. The molecule has 0 amide bonds. The summed E-state index contributed by atoms with van der Waals surface area (Å²) in [6, 6.07) is 3.89. The van der Waals surface area contributed by atoms with Gasteiger partial charge < -0.3 is 9.88 Å². The molecule has 1 spiro atoms. The van der Waals surface area contributed by atoms with Crippen molar-refractivity contribution in [1.29, 1.82) is 5.26 Å². The number of hydrogen-bond acceptors (Lipinski definition) is 6. The summed E-state index contributed by atoms with van der Waals surface area (Å²) >= 11 is 0. The maximum Gasteiger partial charge on any atom is 0.280 e. The van der Waals surface area contributed by atoms with Crippen LogP contribution in [0, 0.1) is 11.3 Å². The molecule has 0 radical (unpaired) electrons. The molecule has 0 atom stereocenters. The average molecular weight is 361 g/mol. The average Bonchev–Trinajstić information content (AvgIpc) is 3.17. The van der Waals surface area contributed by atoms with Crippen LogP contribution in [0.2, 0.25) is 0 Å². The molecule has 1 aliphatic carbocycles. The van der Waals surface area contributed by atoms with Crippen LogP contribution < -0.4 is 9.62 Å². The Morgan fingerprint density at radius 3 is 2.96 bits per heavy atom. The molecule has 0 aromatic carbocycles. The van der Waals surface area contributed by atoms with Crippen molar-refractivity contribution in [2.75, 3.05) is 31.1 Å². The molecule has 10 heteroatoms. The van der Waals surface area contributed by atoms with Crippen molar-refractivity contribution in [3.8, 4) is 6.07 Å². The van der Waals surface area contributed by atoms with Gasteiger partial charge in [-0.3, -0.25) is 0 Å². The summed E-state index contributed by atoms with van der Waals surface area (Å²) < 4.78 is 29.3. The van der Waals surface area contributed by atoms with Crippen molar-refractivity contribution < 1.29 is 8.42 Å². The zero-order valence-corrected chi connectivity index (χ0v) is 14.5. The van der Waals surface area contributed by atoms with Crippen LogP contribution in [-0.2, 0) is 10.2 Å². The van der Waals surface area contributed by atoms with Gasteiger partial charge in [-0.1, -0.05) is 0 Å². The van der Waals surface area contributed by atoms with Crippen molar-refractivity contribution in [2.24, 2.45) is 0 Å². The first-order chi connectivity index (χ1) is 12.1. The summed E-state index contributed by atoms with van der Waals surface area (Å²) in [6.45, 7) is 1.73. The summed E-state index contributed by atoms with van der Waals surface area (Å²) in [5.41, 5.74) is 0.410. The summed E-state index contributed by atoms with van der Waals surface area (Å²) in [5.74, 6) is 0.840. The van der Waals surface area contributed by atoms with Crippen molar-refractivity contribution in [3.05, 3.63) is 18.6 Å². The third-order valence-electron chi connectivity index (χ3n) is 4.86. The fourth-order valence-electron chi connectivity index (χ4n) is 3.49. The topological polar surface area (TPSA) is 118 Å². The lowest BCUT2D eigenvalue weighted by Gasteiger charge is -2.41. The molecule has 1 saturated carbocycles. The minimum atomic E-state index is -3.57. The van der Waals surface area contributed by atoms with E-state index < -0.39 is 10.2 Å². The summed E-state index contributed by atoms with van der Waals surface area (Å²) in [6.07, 6.45) is 5.20. The summed E-state index contributed by atoms with van der Waals surface area (Å²) in [4.78, 5) is 13.8. The van der Waals surface area contributed by atoms with Crippen LogP contribution in [0.3, 0.4) is 0 Å². The Hall–Kier alpha value is -2.22. The standard InChI is InChI=1S/C15H19N7O2S/c16-5-1-6-20-25(23,24)22-9-8-21(10-15(22)3-4-15)14-12-2-7-17-13(12)18-11-19-14/h2,7,11,20H,1,3-4,6,8-10H2,(H,17,18,19). The molecular formula is C15H19N7O2S. The van der Waals surface area contributed by atoms with Gasteiger partial charge >= 0.3 is 0 Å². The Morgan fingerprint density at radius 2 is 2.20 bits per heavy atom. The molecule has 3 heterocycles. The molecule has 2 fully saturated rings. The number of hydrogen-bond donors (Lipinski definition) is 2. The first-order valence-corrected chi connectivity index (χ1v) is 9.67. The van der Waals surface area contributed by atoms with E-state index in [-0.39, 0.29) is 18.5 Å². The van der Waals surface area contributed by atoms with Crippen LogP contribution in [0.5, 0.6) is 0 Å². The fourth-order valence-corrected chi connectivity index (χ4v) is 5.08. The summed E-state index contributed by atoms with van der Waals surface area (Å²) in [5, 5.41) is 9.54. The van der Waals surface area contributed by atoms with Crippen molar-refractivity contribution in [2.45, 2.75) is 24.8 Å². The molecule has 4 rings (SSSR count). The molecule has 132 valence electrons. The lowest BCUT2D eigenvalue weighted by Crippen LogP contribution is -2.59. The number of nitrogens with zero attached hydrogens (tertiary/aromatic N) is 5. The highest BCUT2D eigenvalue weighted by Gasteiger charge is 2.56. The smallest absolute Gasteiger partial charge is 0.280 e. The van der Waals surface area contributed by atoms with Gasteiger partial charge in [0.05, 0.1) is 17.0 Å². The van der Waals surface area contributed by atoms with E-state index in [1.54, 1.807) is 4.31 Å². The molecule has 0 bridgehead atoms. The molecular weight excluding hydrogens is 342 g/mol. The second kappa shape index (κ2) is 5.94. The third-order valence-corrected chi connectivity index (χ3v) is 6.58. The predicted octanol–water partition coefficient (Wildman–Crippen LogP) is 0.361. The van der Waals surface area contributed by atoms with Crippen molar-refractivity contribution in [3.63, 3.8) is 0 Å². The van der Waals surface area contributed by atoms with E-state index in [1.165, 1.54) is 6.33 Å². The Labute approximate surface area is 145 Å². The molecule has 0 unspecified atom stereocenters. The van der Waals surface area contributed by atoms with E-state index >= 15 is 0 Å². The first-order valence-electron chi connectivity index (χ1n) is 8.23. The monoisotopic (exact) mass is 361 g/mol. The number of aromatic nitrogens is 3. The van der Waals surface area contributed by atoms with E-state index in [9.17, 15) is 8.42 Å². The number of anilines is 1. The van der Waals surface area contributed by atoms with Crippen LogP contribution in [0.1, 0.15) is 19.3 Å². The van der Waals surface area contributed by atoms with Gasteiger partial charge in [0.25, 0.3) is 10.2 Å². The van der Waals surface area contributed by atoms with Crippen LogP contribution in [0.25, 0.3) is 11.0 Å². The largest absolute Gasteiger partial charge is 0.353 e. The van der Waals surface area contributed by atoms with Crippen molar-refractivity contribution >= 4 is 27.1 Å². The van der Waals surface area contributed by atoms with Crippen LogP contribution in [-0.4, -0.2) is 59.4 Å². The number of piperazine rings is 1. The first kappa shape index (κ1) is 16.3. The second-order valence-electron chi connectivity index (χ2n) is 6.46. The lowest BCUT2D eigenvalue weighted by molar-refractivity contribution is 0.267. The van der Waals surface area contributed by atoms with Gasteiger partial charge in [0.1, 0.15) is 17.8 Å². The lowest BCUT2D eigenvalue weighted by atomic mass is 10.2. The van der Waals surface area contributed by atoms with E-state index in [1.807, 2.05) is 18.3 Å². The zero-order valence-electron chi connectivity index (χ0n) is 13.6. The SMILES string of the molecule is N#CCCNS(=O)(=O)N1CCN(c2ncnc3[nH]ccc23)CC12CC2. The van der Waals surface area contributed by atoms with Gasteiger partial charge in [-0.15, -0.1) is 0 Å². The number of aromatic amines is 1. The quantitative estimate of drug-likeness (QED) is 0.743. The Morgan fingerprint density at radius 1 is 1.36 bits per heavy atom. The molecule has 2 N–H and O–H groups in total. The molecule has 2 aromatic heterocycles. The van der Waals surface area contributed by atoms with E-state index in [0.29, 0.717) is 19.6 Å². The van der Waals surface area contributed by atoms with E-state index in [0.717, 1.165) is 29.7 Å². The van der Waals surface area contributed by atoms with Crippen LogP contribution in [0.4, 0.5) is 5.82 Å². The van der Waals surface area contributed by atoms with E-state index in [4.69, 9.17) is 5.26 Å². The summed E-state index contributed by atoms with van der Waals surface area (Å²) in [7, 11) is -3.57. The van der Waals surface area contributed by atoms with Crippen LogP contribution in [0.15, 0.2) is 18.6 Å². The number of nitriles is 1. The zero-order chi connectivity index (χ0) is 17.5. The molecule has 1 aliphatic heterocycles. The predicted molar refractivity (Wildman–Crippen MR) is 91.9 cm³/mol. The molecule has 2 aromatic rings. The third kappa shape index (κ3) is 2.84. The van der Waals surface area contributed by atoms with E-state index in [2.05, 4.69) is 24.6 Å². The maximum atomic E-state index is 12.6. The highest BCUT2D eigenvalue weighted by Crippen LogP contribution is 2.46. The Balaban J connectivity index is 1.56. The number of H-pyrrole nitrogens is 1. The van der Waals surface area contributed by atoms with Gasteiger partial charge in [-0.2, -0.15) is 18.0 Å². The maximum absolute atomic E-state index is 12.6. The highest BCUT2D eigenvalue weighted by atomic mass is 32.2. The van der Waals surface area contributed by atoms with Gasteiger partial charge in [-0.05, 0) is 18.9 Å². The molecule has 2 aliphatic rings.